The van der Waals surface area contributed by atoms with Gasteiger partial charge in [0.15, 0.2) is 11.5 Å². The summed E-state index contributed by atoms with van der Waals surface area (Å²) in [7, 11) is 0. The van der Waals surface area contributed by atoms with Crippen molar-refractivity contribution >= 4 is 17.8 Å². The van der Waals surface area contributed by atoms with Crippen molar-refractivity contribution in [3.05, 3.63) is 47.9 Å². The molecule has 9 heteroatoms. The second-order valence-electron chi connectivity index (χ2n) is 6.82. The zero-order chi connectivity index (χ0) is 19.9. The third kappa shape index (κ3) is 2.94. The van der Waals surface area contributed by atoms with Crippen LogP contribution >= 0.6 is 0 Å². The van der Waals surface area contributed by atoms with Gasteiger partial charge in [-0.25, -0.2) is 4.79 Å². The molecule has 3 heterocycles. The molecule has 2 aliphatic heterocycles. The summed E-state index contributed by atoms with van der Waals surface area (Å²) in [6.07, 6.45) is 1.51. The molecule has 1 fully saturated rings. The van der Waals surface area contributed by atoms with Gasteiger partial charge in [0.05, 0.1) is 12.3 Å². The zero-order valence-corrected chi connectivity index (χ0v) is 15.4. The van der Waals surface area contributed by atoms with Crippen LogP contribution in [0.1, 0.15) is 31.2 Å². The fourth-order valence-electron chi connectivity index (χ4n) is 3.28. The number of imide groups is 1. The first-order chi connectivity index (χ1) is 13.4. The number of hydrogen-bond acceptors (Lipinski definition) is 6. The lowest BCUT2D eigenvalue weighted by atomic mass is 9.91. The SMILES string of the molecule is C[C@@H](NC(=O)CN1C(=O)N[C@](C)(c2ccc3c(c2)OCO3)C1=O)c1ccco1. The lowest BCUT2D eigenvalue weighted by molar-refractivity contribution is -0.135. The molecular formula is C19H19N3O6. The van der Waals surface area contributed by atoms with Gasteiger partial charge in [-0.1, -0.05) is 6.07 Å². The number of hydrogen-bond donors (Lipinski definition) is 2. The van der Waals surface area contributed by atoms with Crippen LogP contribution in [0.25, 0.3) is 0 Å². The number of urea groups is 1. The number of amides is 4. The highest BCUT2D eigenvalue weighted by Gasteiger charge is 2.50. The molecule has 2 aliphatic rings. The maximum atomic E-state index is 13.0. The van der Waals surface area contributed by atoms with E-state index in [0.29, 0.717) is 22.8 Å². The average molecular weight is 385 g/mol. The largest absolute Gasteiger partial charge is 0.467 e. The number of nitrogens with zero attached hydrogens (tertiary/aromatic N) is 1. The number of carbonyl (C=O) groups is 3. The highest BCUT2D eigenvalue weighted by molar-refractivity contribution is 6.09. The molecule has 0 radical (unpaired) electrons. The number of ether oxygens (including phenoxy) is 2. The van der Waals surface area contributed by atoms with Gasteiger partial charge in [-0.3, -0.25) is 14.5 Å². The lowest BCUT2D eigenvalue weighted by Crippen LogP contribution is -2.43. The zero-order valence-electron chi connectivity index (χ0n) is 15.4. The van der Waals surface area contributed by atoms with Crippen LogP contribution < -0.4 is 20.1 Å². The molecule has 1 aromatic heterocycles. The monoisotopic (exact) mass is 385 g/mol. The maximum Gasteiger partial charge on any atom is 0.325 e. The van der Waals surface area contributed by atoms with Gasteiger partial charge in [-0.2, -0.15) is 0 Å². The van der Waals surface area contributed by atoms with Crippen molar-refractivity contribution in [2.24, 2.45) is 0 Å². The Morgan fingerprint density at radius 1 is 1.29 bits per heavy atom. The Labute approximate surface area is 160 Å². The predicted octanol–water partition coefficient (Wildman–Crippen LogP) is 1.65. The summed E-state index contributed by atoms with van der Waals surface area (Å²) in [5.41, 5.74) is -0.757. The highest BCUT2D eigenvalue weighted by Crippen LogP contribution is 2.37. The molecule has 2 N–H and O–H groups in total. The van der Waals surface area contributed by atoms with E-state index in [9.17, 15) is 14.4 Å². The Kier molecular flexibility index (Phi) is 4.21. The number of furan rings is 1. The van der Waals surface area contributed by atoms with Crippen molar-refractivity contribution in [1.82, 2.24) is 15.5 Å². The lowest BCUT2D eigenvalue weighted by Gasteiger charge is -2.22. The van der Waals surface area contributed by atoms with Crippen LogP contribution in [0.5, 0.6) is 11.5 Å². The molecule has 0 spiro atoms. The summed E-state index contributed by atoms with van der Waals surface area (Å²) in [5.74, 6) is 0.673. The van der Waals surface area contributed by atoms with Gasteiger partial charge in [-0.05, 0) is 43.7 Å². The van der Waals surface area contributed by atoms with Crippen molar-refractivity contribution in [1.29, 1.82) is 0 Å². The van der Waals surface area contributed by atoms with Crippen molar-refractivity contribution in [3.63, 3.8) is 0 Å². The molecule has 2 atom stereocenters. The summed E-state index contributed by atoms with van der Waals surface area (Å²) < 4.78 is 15.9. The van der Waals surface area contributed by atoms with E-state index in [2.05, 4.69) is 10.6 Å². The Hall–Kier alpha value is -3.49. The molecule has 9 nitrogen and oxygen atoms in total. The fourth-order valence-corrected chi connectivity index (χ4v) is 3.28. The molecule has 0 saturated carbocycles. The van der Waals surface area contributed by atoms with Crippen LogP contribution in [0.3, 0.4) is 0 Å². The van der Waals surface area contributed by atoms with E-state index in [0.717, 1.165) is 4.90 Å². The number of fused-ring (bicyclic) bond motifs is 1. The van der Waals surface area contributed by atoms with Crippen LogP contribution in [0.15, 0.2) is 41.0 Å². The molecule has 0 unspecified atom stereocenters. The van der Waals surface area contributed by atoms with Gasteiger partial charge in [0.1, 0.15) is 17.8 Å². The molecule has 4 rings (SSSR count). The Bertz CT molecular complexity index is 941. The highest BCUT2D eigenvalue weighted by atomic mass is 16.7. The maximum absolute atomic E-state index is 13.0. The van der Waals surface area contributed by atoms with Gasteiger partial charge in [-0.15, -0.1) is 0 Å². The Balaban J connectivity index is 1.48. The van der Waals surface area contributed by atoms with Gasteiger partial charge in [0, 0.05) is 0 Å². The van der Waals surface area contributed by atoms with E-state index in [-0.39, 0.29) is 12.8 Å². The summed E-state index contributed by atoms with van der Waals surface area (Å²) in [6, 6.07) is 7.45. The number of rotatable bonds is 5. The van der Waals surface area contributed by atoms with E-state index >= 15 is 0 Å². The third-order valence-corrected chi connectivity index (χ3v) is 4.87. The predicted molar refractivity (Wildman–Crippen MR) is 95.4 cm³/mol. The van der Waals surface area contributed by atoms with Gasteiger partial charge >= 0.3 is 6.03 Å². The molecule has 28 heavy (non-hydrogen) atoms. The minimum Gasteiger partial charge on any atom is -0.467 e. The van der Waals surface area contributed by atoms with E-state index < -0.39 is 29.9 Å². The molecular weight excluding hydrogens is 366 g/mol. The van der Waals surface area contributed by atoms with E-state index in [1.165, 1.54) is 6.26 Å². The minimum atomic E-state index is -1.30. The fraction of sp³-hybridized carbons (Fsp3) is 0.316. The van der Waals surface area contributed by atoms with Crippen molar-refractivity contribution < 1.29 is 28.3 Å². The molecule has 1 saturated heterocycles. The van der Waals surface area contributed by atoms with Crippen LogP contribution in [-0.4, -0.2) is 36.1 Å². The van der Waals surface area contributed by atoms with Gasteiger partial charge < -0.3 is 24.5 Å². The van der Waals surface area contributed by atoms with Crippen molar-refractivity contribution in [2.45, 2.75) is 25.4 Å². The smallest absolute Gasteiger partial charge is 0.325 e. The third-order valence-electron chi connectivity index (χ3n) is 4.87. The van der Waals surface area contributed by atoms with Crippen molar-refractivity contribution in [2.75, 3.05) is 13.3 Å². The molecule has 1 aromatic carbocycles. The standard InChI is InChI=1S/C19H19N3O6/c1-11(13-4-3-7-26-13)20-16(23)9-22-17(24)19(2,21-18(22)25)12-5-6-14-15(8-12)28-10-27-14/h3-8,11H,9-10H2,1-2H3,(H,20,23)(H,21,25)/t11-,19-/m1/s1. The second kappa shape index (κ2) is 6.59. The molecule has 2 aromatic rings. The van der Waals surface area contributed by atoms with Gasteiger partial charge in [0.25, 0.3) is 5.91 Å². The summed E-state index contributed by atoms with van der Waals surface area (Å²) in [6.45, 7) is 3.05. The molecule has 146 valence electrons. The van der Waals surface area contributed by atoms with Crippen LogP contribution in [0, 0.1) is 0 Å². The van der Waals surface area contributed by atoms with E-state index in [1.807, 2.05) is 0 Å². The summed E-state index contributed by atoms with van der Waals surface area (Å²) in [5, 5.41) is 5.37. The first-order valence-corrected chi connectivity index (χ1v) is 8.75. The van der Waals surface area contributed by atoms with Crippen LogP contribution in [0.4, 0.5) is 4.79 Å². The normalized spacial score (nSPS) is 21.6. The minimum absolute atomic E-state index is 0.107. The van der Waals surface area contributed by atoms with Gasteiger partial charge in [0.2, 0.25) is 12.7 Å². The number of benzene rings is 1. The van der Waals surface area contributed by atoms with Crippen LogP contribution in [-0.2, 0) is 15.1 Å². The van der Waals surface area contributed by atoms with Crippen LogP contribution in [0.2, 0.25) is 0 Å². The topological polar surface area (TPSA) is 110 Å². The van der Waals surface area contributed by atoms with E-state index in [1.54, 1.807) is 44.2 Å². The number of carbonyl (C=O) groups excluding carboxylic acids is 3. The summed E-state index contributed by atoms with van der Waals surface area (Å²) in [4.78, 5) is 38.6. The molecule has 0 aliphatic carbocycles. The first kappa shape index (κ1) is 17.9. The quantitative estimate of drug-likeness (QED) is 0.758. The Morgan fingerprint density at radius 2 is 2.07 bits per heavy atom. The van der Waals surface area contributed by atoms with Crippen molar-refractivity contribution in [3.8, 4) is 11.5 Å². The second-order valence-corrected chi connectivity index (χ2v) is 6.82. The summed E-state index contributed by atoms with van der Waals surface area (Å²) >= 11 is 0. The van der Waals surface area contributed by atoms with E-state index in [4.69, 9.17) is 13.9 Å². The average Bonchev–Trinajstić information content (AvgIpc) is 3.39. The number of nitrogens with one attached hydrogen (secondary N) is 2. The molecule has 0 bridgehead atoms. The molecule has 4 amide bonds. The Morgan fingerprint density at radius 3 is 2.82 bits per heavy atom. The first-order valence-electron chi connectivity index (χ1n) is 8.75.